The second-order valence-electron chi connectivity index (χ2n) is 5.36. The van der Waals surface area contributed by atoms with Gasteiger partial charge in [-0.3, -0.25) is 4.79 Å². The fraction of sp³-hybridized carbons (Fsp3) is 0.643. The molecule has 3 rings (SSSR count). The predicted molar refractivity (Wildman–Crippen MR) is 81.1 cm³/mol. The standard InChI is InChI=1S/C14H20N2OS.ClH/c1-10(13-3-2-8-18-13)14(17)16-11-4-5-12(16)9-15-7-6-11;/h2-3,8,10-12,15H,4-7,9H2,1H3;1H. The molecule has 0 aliphatic carbocycles. The molecule has 2 saturated heterocycles. The number of fused-ring (bicyclic) bond motifs is 2. The summed E-state index contributed by atoms with van der Waals surface area (Å²) >= 11 is 1.69. The minimum Gasteiger partial charge on any atom is -0.335 e. The zero-order valence-corrected chi connectivity index (χ0v) is 12.8. The summed E-state index contributed by atoms with van der Waals surface area (Å²) in [6.07, 6.45) is 3.47. The van der Waals surface area contributed by atoms with Crippen LogP contribution in [0.2, 0.25) is 0 Å². The van der Waals surface area contributed by atoms with Crippen LogP contribution in [0.15, 0.2) is 17.5 Å². The third-order valence-electron chi connectivity index (χ3n) is 4.25. The van der Waals surface area contributed by atoms with Gasteiger partial charge in [0.05, 0.1) is 5.92 Å². The number of thiophene rings is 1. The van der Waals surface area contributed by atoms with Crippen LogP contribution < -0.4 is 5.32 Å². The first kappa shape index (κ1) is 14.8. The summed E-state index contributed by atoms with van der Waals surface area (Å²) in [6, 6.07) is 5.00. The molecule has 1 aromatic heterocycles. The van der Waals surface area contributed by atoms with Gasteiger partial charge >= 0.3 is 0 Å². The van der Waals surface area contributed by atoms with Gasteiger partial charge in [0.25, 0.3) is 0 Å². The Morgan fingerprint density at radius 1 is 1.42 bits per heavy atom. The van der Waals surface area contributed by atoms with Gasteiger partial charge in [0.2, 0.25) is 5.91 Å². The quantitative estimate of drug-likeness (QED) is 0.910. The molecule has 2 aliphatic heterocycles. The molecule has 3 heterocycles. The van der Waals surface area contributed by atoms with E-state index in [0.29, 0.717) is 18.0 Å². The monoisotopic (exact) mass is 300 g/mol. The van der Waals surface area contributed by atoms with Crippen molar-refractivity contribution in [3.05, 3.63) is 22.4 Å². The second kappa shape index (κ2) is 6.25. The first-order valence-electron chi connectivity index (χ1n) is 6.83. The normalized spacial score (nSPS) is 27.5. The lowest BCUT2D eigenvalue weighted by molar-refractivity contribution is -0.135. The average Bonchev–Trinajstić information content (AvgIpc) is 2.94. The van der Waals surface area contributed by atoms with Crippen LogP contribution >= 0.6 is 23.7 Å². The van der Waals surface area contributed by atoms with Crippen LogP contribution in [0, 0.1) is 0 Å². The molecule has 1 amide bonds. The van der Waals surface area contributed by atoms with E-state index in [-0.39, 0.29) is 18.3 Å². The van der Waals surface area contributed by atoms with Crippen molar-refractivity contribution in [1.29, 1.82) is 0 Å². The van der Waals surface area contributed by atoms with Crippen LogP contribution in [0.25, 0.3) is 0 Å². The lowest BCUT2D eigenvalue weighted by atomic mass is 10.1. The van der Waals surface area contributed by atoms with Crippen molar-refractivity contribution in [2.24, 2.45) is 0 Å². The Morgan fingerprint density at radius 2 is 2.21 bits per heavy atom. The molecule has 3 nitrogen and oxygen atoms in total. The van der Waals surface area contributed by atoms with Crippen molar-refractivity contribution in [2.75, 3.05) is 13.1 Å². The number of hydrogen-bond acceptors (Lipinski definition) is 3. The maximum atomic E-state index is 12.7. The molecule has 0 spiro atoms. The van der Waals surface area contributed by atoms with Crippen LogP contribution in [-0.4, -0.2) is 36.0 Å². The van der Waals surface area contributed by atoms with E-state index in [1.807, 2.05) is 13.0 Å². The van der Waals surface area contributed by atoms with Gasteiger partial charge in [-0.2, -0.15) is 0 Å². The van der Waals surface area contributed by atoms with E-state index in [1.54, 1.807) is 11.3 Å². The number of carbonyl (C=O) groups excluding carboxylic acids is 1. The van der Waals surface area contributed by atoms with Gasteiger partial charge < -0.3 is 10.2 Å². The highest BCUT2D eigenvalue weighted by Gasteiger charge is 2.39. The number of rotatable bonds is 2. The number of amides is 1. The van der Waals surface area contributed by atoms with Gasteiger partial charge in [-0.1, -0.05) is 6.07 Å². The summed E-state index contributed by atoms with van der Waals surface area (Å²) in [5, 5.41) is 5.50. The van der Waals surface area contributed by atoms with Crippen LogP contribution in [0.3, 0.4) is 0 Å². The summed E-state index contributed by atoms with van der Waals surface area (Å²) < 4.78 is 0. The van der Waals surface area contributed by atoms with E-state index >= 15 is 0 Å². The second-order valence-corrected chi connectivity index (χ2v) is 6.34. The van der Waals surface area contributed by atoms with E-state index < -0.39 is 0 Å². The number of halogens is 1. The van der Waals surface area contributed by atoms with Crippen LogP contribution in [0.4, 0.5) is 0 Å². The highest BCUT2D eigenvalue weighted by molar-refractivity contribution is 7.10. The van der Waals surface area contributed by atoms with Gasteiger partial charge in [-0.25, -0.2) is 0 Å². The SMILES string of the molecule is CC(C(=O)N1C2CCNCC1CC2)c1cccs1.Cl. The lowest BCUT2D eigenvalue weighted by Gasteiger charge is -2.30. The maximum absolute atomic E-state index is 12.7. The number of hydrogen-bond donors (Lipinski definition) is 1. The van der Waals surface area contributed by atoms with Gasteiger partial charge in [-0.05, 0) is 44.2 Å². The van der Waals surface area contributed by atoms with E-state index in [9.17, 15) is 4.79 Å². The van der Waals surface area contributed by atoms with Crippen molar-refractivity contribution in [2.45, 2.75) is 44.2 Å². The predicted octanol–water partition coefficient (Wildman–Crippen LogP) is 2.63. The molecular formula is C14H21ClN2OS. The highest BCUT2D eigenvalue weighted by Crippen LogP contribution is 2.32. The Balaban J connectivity index is 0.00000133. The number of carbonyl (C=O) groups is 1. The van der Waals surface area contributed by atoms with Crippen molar-refractivity contribution in [3.63, 3.8) is 0 Å². The zero-order chi connectivity index (χ0) is 12.5. The summed E-state index contributed by atoms with van der Waals surface area (Å²) in [7, 11) is 0. The molecule has 2 aliphatic rings. The van der Waals surface area contributed by atoms with Gasteiger partial charge in [0.15, 0.2) is 0 Å². The molecule has 0 radical (unpaired) electrons. The molecule has 2 fully saturated rings. The molecule has 5 heteroatoms. The topological polar surface area (TPSA) is 32.3 Å². The number of nitrogens with one attached hydrogen (secondary N) is 1. The third-order valence-corrected chi connectivity index (χ3v) is 5.30. The van der Waals surface area contributed by atoms with Gasteiger partial charge in [0, 0.05) is 23.5 Å². The van der Waals surface area contributed by atoms with Crippen molar-refractivity contribution in [1.82, 2.24) is 10.2 Å². The fourth-order valence-corrected chi connectivity index (χ4v) is 4.00. The molecule has 0 saturated carbocycles. The van der Waals surface area contributed by atoms with Crippen LogP contribution in [0.1, 0.15) is 37.0 Å². The Morgan fingerprint density at radius 3 is 2.95 bits per heavy atom. The van der Waals surface area contributed by atoms with E-state index in [2.05, 4.69) is 21.7 Å². The van der Waals surface area contributed by atoms with Crippen LogP contribution in [0.5, 0.6) is 0 Å². The molecule has 1 N–H and O–H groups in total. The molecular weight excluding hydrogens is 280 g/mol. The Labute approximate surface area is 124 Å². The van der Waals surface area contributed by atoms with Gasteiger partial charge in [-0.15, -0.1) is 23.7 Å². The molecule has 1 aromatic rings. The molecule has 106 valence electrons. The summed E-state index contributed by atoms with van der Waals surface area (Å²) in [4.78, 5) is 16.1. The van der Waals surface area contributed by atoms with Gasteiger partial charge in [0.1, 0.15) is 0 Å². The maximum Gasteiger partial charge on any atom is 0.231 e. The lowest BCUT2D eigenvalue weighted by Crippen LogP contribution is -2.44. The molecule has 0 aromatic carbocycles. The molecule has 3 unspecified atom stereocenters. The summed E-state index contributed by atoms with van der Waals surface area (Å²) in [5.74, 6) is 0.347. The highest BCUT2D eigenvalue weighted by atomic mass is 35.5. The summed E-state index contributed by atoms with van der Waals surface area (Å²) in [5.41, 5.74) is 0. The molecule has 2 bridgehead atoms. The van der Waals surface area contributed by atoms with Crippen LogP contribution in [-0.2, 0) is 4.79 Å². The average molecular weight is 301 g/mol. The van der Waals surface area contributed by atoms with E-state index in [0.717, 1.165) is 19.5 Å². The zero-order valence-electron chi connectivity index (χ0n) is 11.2. The molecule has 3 atom stereocenters. The first-order chi connectivity index (χ1) is 8.77. The van der Waals surface area contributed by atoms with Crippen molar-refractivity contribution >= 4 is 29.7 Å². The number of nitrogens with zero attached hydrogens (tertiary/aromatic N) is 1. The third kappa shape index (κ3) is 2.81. The Hall–Kier alpha value is -0.580. The first-order valence-corrected chi connectivity index (χ1v) is 7.71. The van der Waals surface area contributed by atoms with E-state index in [4.69, 9.17) is 0 Å². The minimum absolute atomic E-state index is 0. The van der Waals surface area contributed by atoms with Crippen molar-refractivity contribution < 1.29 is 4.79 Å². The summed E-state index contributed by atoms with van der Waals surface area (Å²) in [6.45, 7) is 4.07. The Bertz CT molecular complexity index is 409. The minimum atomic E-state index is 0. The smallest absolute Gasteiger partial charge is 0.231 e. The fourth-order valence-electron chi connectivity index (χ4n) is 3.23. The molecule has 19 heavy (non-hydrogen) atoms. The van der Waals surface area contributed by atoms with Crippen molar-refractivity contribution in [3.8, 4) is 0 Å². The largest absolute Gasteiger partial charge is 0.335 e. The Kier molecular flexibility index (Phi) is 4.87. The van der Waals surface area contributed by atoms with E-state index in [1.165, 1.54) is 17.7 Å².